The van der Waals surface area contributed by atoms with E-state index in [-0.39, 0.29) is 522 Å². The molecule has 2 fully saturated rings. The Bertz CT molecular complexity index is 3010. The van der Waals surface area contributed by atoms with E-state index in [1.54, 1.807) is 30.6 Å². The Morgan fingerprint density at radius 3 is 0.983 bits per heavy atom. The van der Waals surface area contributed by atoms with E-state index in [0.29, 0.717) is 53.0 Å². The molecule has 710 valence electrons. The molecule has 2 N–H and O–H groups in total. The van der Waals surface area contributed by atoms with Gasteiger partial charge in [0.2, 0.25) is 5.56 Å². The summed E-state index contributed by atoms with van der Waals surface area (Å²) < 4.78 is 24.0. The quantitative estimate of drug-likeness (QED) is 0.0799. The average molecular weight is 3850 g/mol. The van der Waals surface area contributed by atoms with Crippen molar-refractivity contribution < 1.29 is 416 Å². The van der Waals surface area contributed by atoms with Gasteiger partial charge in [0.25, 0.3) is 0 Å². The first kappa shape index (κ1) is 190. The largest absolute Gasteiger partial charge is 0 e. The molecular formula is C76H127Ar9B2BrI17N7O6-4. The Balaban J connectivity index is -0.0000000427. The molecule has 9 heterocycles. The Morgan fingerprint density at radius 2 is 0.754 bits per heavy atom. The van der Waals surface area contributed by atoms with Gasteiger partial charge in [0, 0.05) is 421 Å². The molecule has 2 aliphatic rings. The maximum atomic E-state index is 10.5. The van der Waals surface area contributed by atoms with Crippen LogP contribution in [0, 0.1) is 367 Å². The first-order valence-corrected chi connectivity index (χ1v) is 84.4. The summed E-state index contributed by atoms with van der Waals surface area (Å²) in [5.74, 6) is 0.218. The molecule has 0 bridgehead atoms. The van der Waals surface area contributed by atoms with Gasteiger partial charge < -0.3 is 28.7 Å². The minimum atomic E-state index is -0.307. The van der Waals surface area contributed by atoms with Crippen LogP contribution in [0.5, 0.6) is 5.75 Å². The Hall–Kier alpha value is 17.3. The van der Waals surface area contributed by atoms with Crippen LogP contribution >= 0.6 is 285 Å². The number of hydrogen-bond donors (Lipinski definition) is 2. The minimum Gasteiger partial charge on any atom is 0 e. The molecule has 0 atom stereocenters. The van der Waals surface area contributed by atoms with Crippen LogP contribution < -0.4 is 64.0 Å². The SMILES string of the molecule is C.C.C=CCC.CB1OC(C)(C)C(C)(C)O1.CC.CC.CC/C=C/c1ccc(CC)cn1.CCc1ccc(=O)[nH]c1.CCc1ccc(C)nc1.CCc1ccc(CC)nc1.Cc1ccc(B2OC(C)(C)C(C)(C)O2)cn1.Cc1ccc(Br)cn1.Cc1ccc(O)cn1.I.I.I.I.I.I[I-]I.I[I-]I.I[I-]I.I[I-]I.[Ar].[Ar].[Ar].[Ar].[Ar].[Ar].[Ar].[Ar].[Ar]. The van der Waals surface area contributed by atoms with Crippen LogP contribution in [0.25, 0.3) is 6.08 Å². The van der Waals surface area contributed by atoms with Crippen molar-refractivity contribution in [2.24, 2.45) is 0 Å². The number of nitrogens with zero attached hydrogens (tertiary/aromatic N) is 6. The van der Waals surface area contributed by atoms with E-state index in [9.17, 15) is 4.79 Å². The third-order valence-corrected chi connectivity index (χ3v) is 14.4. The molecule has 13 nitrogen and oxygen atoms in total. The van der Waals surface area contributed by atoms with E-state index in [1.165, 1.54) is 28.6 Å². The number of nitrogens with one attached hydrogen (secondary N) is 1. The maximum Gasteiger partial charge on any atom is 0 e. The van der Waals surface area contributed by atoms with E-state index in [1.807, 2.05) is 136 Å². The monoisotopic (exact) mass is 3850 g/mol. The average Bonchev–Trinajstić information content (AvgIpc) is 1.66. The van der Waals surface area contributed by atoms with Gasteiger partial charge in [0.1, 0.15) is 5.75 Å². The number of H-pyrrole nitrogens is 1. The number of aromatic amines is 1. The zero-order chi connectivity index (χ0) is 79.8. The fraction of sp³-hybridized carbons (Fsp3) is 0.487. The van der Waals surface area contributed by atoms with Gasteiger partial charge >= 0.3 is 216 Å². The van der Waals surface area contributed by atoms with Gasteiger partial charge in [-0.3, -0.25) is 34.7 Å². The summed E-state index contributed by atoms with van der Waals surface area (Å²) in [4.78, 5) is 37.9. The zero-order valence-electron chi connectivity index (χ0n) is 69.5. The number of pyridine rings is 7. The fourth-order valence-electron chi connectivity index (χ4n) is 6.87. The van der Waals surface area contributed by atoms with Gasteiger partial charge in [-0.2, -0.15) is 0 Å². The van der Waals surface area contributed by atoms with Gasteiger partial charge in [-0.1, -0.05) is 133 Å². The molecule has 2 aliphatic heterocycles. The smallest absolute Gasteiger partial charge is 0 e. The van der Waals surface area contributed by atoms with Crippen molar-refractivity contribution in [2.75, 3.05) is 0 Å². The summed E-state index contributed by atoms with van der Waals surface area (Å²) >= 11 is 24.5. The predicted molar refractivity (Wildman–Crippen MR) is 591 cm³/mol. The van der Waals surface area contributed by atoms with Gasteiger partial charge in [-0.05, 0) is 228 Å². The van der Waals surface area contributed by atoms with Crippen molar-refractivity contribution in [2.45, 2.75) is 248 Å². The van der Waals surface area contributed by atoms with E-state index >= 15 is 0 Å². The van der Waals surface area contributed by atoms with Crippen LogP contribution in [0.3, 0.4) is 0 Å². The fourth-order valence-corrected chi connectivity index (χ4v) is 7.11. The van der Waals surface area contributed by atoms with Crippen LogP contribution in [0.2, 0.25) is 6.82 Å². The van der Waals surface area contributed by atoms with Crippen LogP contribution in [0.15, 0.2) is 156 Å². The molecule has 7 aromatic rings. The second-order valence-electron chi connectivity index (χ2n) is 22.5. The number of allylic oxidation sites excluding steroid dienone is 2. The van der Waals surface area contributed by atoms with Crippen molar-refractivity contribution >= 4 is 311 Å². The van der Waals surface area contributed by atoms with Crippen LogP contribution in [-0.4, -0.2) is 76.6 Å². The van der Waals surface area contributed by atoms with E-state index in [4.69, 9.17) is 23.7 Å². The predicted octanol–water partition coefficient (Wildman–Crippen LogP) is 17.9. The third kappa shape index (κ3) is 112. The molecule has 9 rings (SSSR count). The van der Waals surface area contributed by atoms with Crippen molar-refractivity contribution in [1.29, 1.82) is 0 Å². The Kier molecular flexibility index (Phi) is 210. The second kappa shape index (κ2) is 130. The molecule has 0 radical (unpaired) electrons. The summed E-state index contributed by atoms with van der Waals surface area (Å²) in [6, 6.07) is 27.2. The second-order valence-corrected chi connectivity index (χ2v) is 88.4. The molecule has 42 heteroatoms. The van der Waals surface area contributed by atoms with E-state index in [0.717, 1.165) is 88.9 Å². The number of hydrogen-bond acceptors (Lipinski definition) is 12. The Labute approximate surface area is 1200 Å². The zero-order valence-corrected chi connectivity index (χ0v) is 115. The van der Waals surface area contributed by atoms with Gasteiger partial charge in [-0.25, -0.2) is 0 Å². The first-order chi connectivity index (χ1) is 48.2. The number of aryl methyl sites for hydroxylation is 9. The minimum absolute atomic E-state index is 0. The third-order valence-electron chi connectivity index (χ3n) is 14.0. The number of rotatable bonds is 9. The molecule has 0 spiro atoms. The van der Waals surface area contributed by atoms with E-state index in [2.05, 4.69) is 346 Å². The molecule has 0 amide bonds. The van der Waals surface area contributed by atoms with Crippen molar-refractivity contribution in [3.8, 4) is 5.75 Å². The summed E-state index contributed by atoms with van der Waals surface area (Å²) in [5.41, 5.74) is 11.4. The van der Waals surface area contributed by atoms with Crippen LogP contribution in [-0.2, 0) is 50.7 Å². The van der Waals surface area contributed by atoms with Gasteiger partial charge in [0.05, 0.1) is 34.3 Å². The standard InChI is InChI=1S/C12H18BNO2.C11H15N.C9H13N.C8H11N.C7H15BO2.C7H9NO.C6H6BrN.C6H7NO.C4H8.2C2H6.2CH4.9Ar.4I3.5HI/c1-9-6-7-10(8-14-9)13-15-11(2,3)12(4,5)16-13;1-3-5-6-11-8-7-10(4-2)9-12-11;1-3-8-5-6-9(4-2)10-7-8;1-3-8-5-4-7(2)9-6-8;1-6(2)7(3,4)10-8(5)9-6;1-2-6-3-4-7(9)8-5-6;1-5-2-3-6(7)4-8-5;1-5-2-3-6(8)4-7-5;1-3-4-2;2*1-2;;;;;;;;;;;;4*1-3-2;;;;;/h6-8H,1-5H3;5-9H,3-4H2,1-2H3;5-7H,3-4H2,1-2H3;4-6H,3H2,1-2H3;1-5H3;3-5H,2H2,1H3,(H,8,9);2-4H,1H3;2-4,8H,1H3;3H,1,4H2,2H3;2*1-2H3;2*1H4;;;;;;;;;;;;;;5*1H/q;;;;;;;;;;;;;;;;;;;;;;4*-1;;;;;/b;6-5+;;;;;;;;;;;;;;;;;;;;;;;;;;;;;. The summed E-state index contributed by atoms with van der Waals surface area (Å²) in [6.45, 7) is 52.4. The van der Waals surface area contributed by atoms with Gasteiger partial charge in [0.15, 0.2) is 0 Å². The topological polar surface area (TPSA) is 167 Å². The molecule has 0 aliphatic carbocycles. The molecule has 0 saturated carbocycles. The number of halogens is 18. The van der Waals surface area contributed by atoms with E-state index < -0.39 is 0 Å². The molecule has 118 heavy (non-hydrogen) atoms. The molecular weight excluding hydrogens is 3730 g/mol. The first-order valence-electron chi connectivity index (χ1n) is 33.3. The van der Waals surface area contributed by atoms with Crippen LogP contribution in [0.1, 0.15) is 216 Å². The van der Waals surface area contributed by atoms with Crippen molar-refractivity contribution in [3.63, 3.8) is 0 Å². The van der Waals surface area contributed by atoms with Crippen molar-refractivity contribution in [3.05, 3.63) is 218 Å². The number of aromatic nitrogens is 7. The van der Waals surface area contributed by atoms with Crippen LogP contribution in [0.4, 0.5) is 0 Å². The van der Waals surface area contributed by atoms with Crippen molar-refractivity contribution in [1.82, 2.24) is 34.9 Å². The Morgan fingerprint density at radius 1 is 0.441 bits per heavy atom. The molecule has 0 aromatic carbocycles. The normalized spacial score (nSPS) is 11.2. The molecule has 7 aromatic heterocycles. The molecule has 0 unspecified atom stereocenters. The summed E-state index contributed by atoms with van der Waals surface area (Å²) in [7, 11) is -0.372. The number of aromatic hydroxyl groups is 1. The molecule has 2 saturated heterocycles. The summed E-state index contributed by atoms with van der Waals surface area (Å²) in [6.07, 6.45) is 26.0. The maximum absolute atomic E-state index is 10.5. The summed E-state index contributed by atoms with van der Waals surface area (Å²) in [5, 5.41) is 8.69. The van der Waals surface area contributed by atoms with Gasteiger partial charge in [-0.15, -0.1) is 126 Å².